The fourth-order valence-electron chi connectivity index (χ4n) is 4.06. The minimum Gasteiger partial charge on any atom is -0.344 e. The van der Waals surface area contributed by atoms with Gasteiger partial charge in [0.2, 0.25) is 0 Å². The maximum Gasteiger partial charge on any atom is 0.0568 e. The summed E-state index contributed by atoms with van der Waals surface area (Å²) in [7, 11) is 2.17. The Morgan fingerprint density at radius 3 is 2.13 bits per heavy atom. The molecule has 0 saturated carbocycles. The lowest BCUT2D eigenvalue weighted by Crippen LogP contribution is -1.92. The normalized spacial score (nSPS) is 12.6. The lowest BCUT2D eigenvalue weighted by atomic mass is 9.92. The largest absolute Gasteiger partial charge is 0.344 e. The Balaban J connectivity index is 2.21. The molecule has 110 valence electrons. The number of fused-ring (bicyclic) bond motifs is 3. The Bertz CT molecular complexity index is 1220. The number of rotatable bonds is 1. The zero-order valence-electron chi connectivity index (χ0n) is 13.3. The van der Waals surface area contributed by atoms with Crippen molar-refractivity contribution in [1.29, 1.82) is 0 Å². The number of aryl methyl sites for hydroxylation is 1. The molecule has 1 aromatic heterocycles. The van der Waals surface area contributed by atoms with Gasteiger partial charge in [0.25, 0.3) is 0 Å². The topological polar surface area (TPSA) is 4.93 Å². The molecule has 0 aliphatic rings. The number of benzene rings is 4. The van der Waals surface area contributed by atoms with Gasteiger partial charge in [0, 0.05) is 23.5 Å². The zero-order valence-corrected chi connectivity index (χ0v) is 13.3. The predicted octanol–water partition coefficient (Wildman–Crippen LogP) is 6.11. The molecule has 0 spiro atoms. The van der Waals surface area contributed by atoms with Gasteiger partial charge in [0.15, 0.2) is 0 Å². The van der Waals surface area contributed by atoms with Gasteiger partial charge in [-0.05, 0) is 46.0 Å². The quantitative estimate of drug-likeness (QED) is 0.329. The summed E-state index contributed by atoms with van der Waals surface area (Å²) in [4.78, 5) is 0. The van der Waals surface area contributed by atoms with Crippen molar-refractivity contribution < 1.29 is 0 Å². The van der Waals surface area contributed by atoms with E-state index in [4.69, 9.17) is 0 Å². The van der Waals surface area contributed by atoms with Crippen molar-refractivity contribution >= 4 is 49.3 Å². The molecule has 0 fully saturated rings. The van der Waals surface area contributed by atoms with Gasteiger partial charge in [-0.15, -0.1) is 0 Å². The van der Waals surface area contributed by atoms with E-state index in [2.05, 4.69) is 85.3 Å². The van der Waals surface area contributed by atoms with Crippen LogP contribution in [0.2, 0.25) is 0 Å². The Morgan fingerprint density at radius 2 is 1.43 bits per heavy atom. The van der Waals surface area contributed by atoms with Crippen LogP contribution in [0.4, 0.5) is 0 Å². The maximum absolute atomic E-state index is 2.32. The molecule has 0 saturated heterocycles. The monoisotopic (exact) mass is 295 g/mol. The Morgan fingerprint density at radius 1 is 0.783 bits per heavy atom. The van der Waals surface area contributed by atoms with Gasteiger partial charge < -0.3 is 4.57 Å². The molecule has 1 heteroatoms. The smallest absolute Gasteiger partial charge is 0.0568 e. The van der Waals surface area contributed by atoms with Crippen LogP contribution in [0.15, 0.2) is 60.7 Å². The summed E-state index contributed by atoms with van der Waals surface area (Å²) in [5.74, 6) is 0. The highest BCUT2D eigenvalue weighted by molar-refractivity contribution is 6.33. The lowest BCUT2D eigenvalue weighted by molar-refractivity contribution is 0.958. The lowest BCUT2D eigenvalue weighted by Gasteiger charge is -2.13. The van der Waals surface area contributed by atoms with Crippen LogP contribution in [0.5, 0.6) is 0 Å². The first kappa shape index (κ1) is 12.7. The van der Waals surface area contributed by atoms with E-state index in [1.54, 1.807) is 0 Å². The van der Waals surface area contributed by atoms with Crippen LogP contribution < -0.4 is 0 Å². The van der Waals surface area contributed by atoms with E-state index in [9.17, 15) is 0 Å². The molecule has 0 N–H and O–H groups in total. The first-order valence-corrected chi connectivity index (χ1v) is 8.07. The fraction of sp³-hybridized carbons (Fsp3) is 0.0909. The maximum atomic E-state index is 2.32. The number of aromatic nitrogens is 1. The highest BCUT2D eigenvalue weighted by Crippen LogP contribution is 2.41. The van der Waals surface area contributed by atoms with Crippen LogP contribution in [-0.4, -0.2) is 4.57 Å². The number of allylic oxidation sites excluding steroid dienone is 1. The fourth-order valence-corrected chi connectivity index (χ4v) is 4.06. The molecule has 0 atom stereocenters. The van der Waals surface area contributed by atoms with Crippen molar-refractivity contribution in [2.24, 2.45) is 7.05 Å². The highest BCUT2D eigenvalue weighted by atomic mass is 14.9. The molecule has 0 aliphatic heterocycles. The van der Waals surface area contributed by atoms with Gasteiger partial charge in [0.05, 0.1) is 5.52 Å². The van der Waals surface area contributed by atoms with Crippen LogP contribution in [0.1, 0.15) is 12.6 Å². The Kier molecular flexibility index (Phi) is 2.41. The van der Waals surface area contributed by atoms with E-state index in [0.29, 0.717) is 0 Å². The Hall–Kier alpha value is -2.80. The molecule has 4 aromatic carbocycles. The molecule has 5 rings (SSSR count). The molecule has 0 radical (unpaired) electrons. The SMILES string of the molecule is C/C=C/c1cc2c3cccc4ccc5cccc(c5c43)c2n1C. The molecule has 0 aliphatic carbocycles. The highest BCUT2D eigenvalue weighted by Gasteiger charge is 2.16. The average molecular weight is 295 g/mol. The Labute approximate surface area is 134 Å². The average Bonchev–Trinajstić information content (AvgIpc) is 2.91. The number of hydrogen-bond donors (Lipinski definition) is 0. The predicted molar refractivity (Wildman–Crippen MR) is 101 cm³/mol. The minimum absolute atomic E-state index is 1.25. The molecule has 0 bridgehead atoms. The van der Waals surface area contributed by atoms with E-state index in [1.807, 2.05) is 0 Å². The summed E-state index contributed by atoms with van der Waals surface area (Å²) >= 11 is 0. The van der Waals surface area contributed by atoms with Crippen molar-refractivity contribution in [1.82, 2.24) is 4.57 Å². The number of nitrogens with zero attached hydrogens (tertiary/aromatic N) is 1. The molecule has 0 amide bonds. The second-order valence-corrected chi connectivity index (χ2v) is 6.26. The van der Waals surface area contributed by atoms with Crippen LogP contribution in [-0.2, 0) is 7.05 Å². The van der Waals surface area contributed by atoms with Crippen LogP contribution in [0.3, 0.4) is 0 Å². The van der Waals surface area contributed by atoms with Gasteiger partial charge >= 0.3 is 0 Å². The summed E-state index contributed by atoms with van der Waals surface area (Å²) in [5, 5.41) is 9.48. The van der Waals surface area contributed by atoms with Crippen molar-refractivity contribution in [2.45, 2.75) is 6.92 Å². The van der Waals surface area contributed by atoms with E-state index in [0.717, 1.165) is 0 Å². The zero-order chi connectivity index (χ0) is 15.6. The summed E-state index contributed by atoms with van der Waals surface area (Å²) in [6, 6.07) is 20.1. The van der Waals surface area contributed by atoms with E-state index >= 15 is 0 Å². The summed E-state index contributed by atoms with van der Waals surface area (Å²) in [5.41, 5.74) is 2.58. The molecule has 1 nitrogen and oxygen atoms in total. The molecular weight excluding hydrogens is 278 g/mol. The third-order valence-electron chi connectivity index (χ3n) is 5.04. The van der Waals surface area contributed by atoms with E-state index in [-0.39, 0.29) is 0 Å². The third-order valence-corrected chi connectivity index (χ3v) is 5.04. The first-order chi connectivity index (χ1) is 11.3. The van der Waals surface area contributed by atoms with Gasteiger partial charge in [-0.25, -0.2) is 0 Å². The van der Waals surface area contributed by atoms with Gasteiger partial charge in [-0.2, -0.15) is 0 Å². The summed E-state index contributed by atoms with van der Waals surface area (Å²) < 4.78 is 2.32. The molecule has 0 unspecified atom stereocenters. The van der Waals surface area contributed by atoms with Gasteiger partial charge in [-0.1, -0.05) is 54.6 Å². The van der Waals surface area contributed by atoms with E-state index < -0.39 is 0 Å². The second-order valence-electron chi connectivity index (χ2n) is 6.26. The number of hydrogen-bond acceptors (Lipinski definition) is 0. The van der Waals surface area contributed by atoms with Crippen LogP contribution in [0.25, 0.3) is 49.3 Å². The van der Waals surface area contributed by atoms with Crippen molar-refractivity contribution in [2.75, 3.05) is 0 Å². The molecular formula is C22H17N. The van der Waals surface area contributed by atoms with Crippen molar-refractivity contribution in [3.8, 4) is 0 Å². The molecule has 1 heterocycles. The van der Waals surface area contributed by atoms with Crippen LogP contribution in [0, 0.1) is 0 Å². The standard InChI is InChI=1S/C22H17N/c1-3-6-16-13-19-17-9-4-7-14-11-12-15-8-5-10-18(21(15)20(14)17)22(19)23(16)2/h3-13H,1-2H3/b6-3+. The second kappa shape index (κ2) is 4.36. The minimum atomic E-state index is 1.25. The van der Waals surface area contributed by atoms with E-state index in [1.165, 1.54) is 48.9 Å². The van der Waals surface area contributed by atoms with Gasteiger partial charge in [0.1, 0.15) is 0 Å². The van der Waals surface area contributed by atoms with Crippen molar-refractivity contribution in [3.05, 3.63) is 66.4 Å². The third kappa shape index (κ3) is 1.52. The first-order valence-electron chi connectivity index (χ1n) is 8.07. The summed E-state index contributed by atoms with van der Waals surface area (Å²) in [6.45, 7) is 2.07. The molecule has 5 aromatic rings. The van der Waals surface area contributed by atoms with Crippen LogP contribution >= 0.6 is 0 Å². The molecule has 23 heavy (non-hydrogen) atoms. The van der Waals surface area contributed by atoms with Gasteiger partial charge in [-0.3, -0.25) is 0 Å². The van der Waals surface area contributed by atoms with Crippen molar-refractivity contribution in [3.63, 3.8) is 0 Å². The summed E-state index contributed by atoms with van der Waals surface area (Å²) in [6.07, 6.45) is 4.29.